The summed E-state index contributed by atoms with van der Waals surface area (Å²) in [4.78, 5) is 4.33. The first kappa shape index (κ1) is 13.7. The maximum Gasteiger partial charge on any atom is 0.213 e. The molecule has 1 aromatic carbocycles. The number of hydrogen-bond donors (Lipinski definition) is 0. The zero-order chi connectivity index (χ0) is 13.5. The zero-order valence-electron chi connectivity index (χ0n) is 10.8. The highest BCUT2D eigenvalue weighted by Gasteiger charge is 2.01. The number of halogens is 1. The summed E-state index contributed by atoms with van der Waals surface area (Å²) in [7, 11) is 0. The van der Waals surface area contributed by atoms with E-state index in [0.29, 0.717) is 25.0 Å². The number of rotatable bonds is 6. The molecule has 0 bridgehead atoms. The van der Waals surface area contributed by atoms with E-state index in [4.69, 9.17) is 21.1 Å². The Balaban J connectivity index is 1.78. The molecule has 0 saturated carbocycles. The van der Waals surface area contributed by atoms with Crippen LogP contribution in [0.15, 0.2) is 42.5 Å². The van der Waals surface area contributed by atoms with Gasteiger partial charge in [-0.3, -0.25) is 0 Å². The van der Waals surface area contributed by atoms with Crippen LogP contribution >= 0.6 is 11.6 Å². The van der Waals surface area contributed by atoms with Crippen molar-refractivity contribution < 1.29 is 9.47 Å². The number of benzene rings is 1. The van der Waals surface area contributed by atoms with Crippen molar-refractivity contribution in [1.82, 2.24) is 4.98 Å². The summed E-state index contributed by atoms with van der Waals surface area (Å²) < 4.78 is 11.1. The Morgan fingerprint density at radius 2 is 1.74 bits per heavy atom. The van der Waals surface area contributed by atoms with E-state index in [2.05, 4.69) is 4.98 Å². The molecule has 0 fully saturated rings. The molecule has 0 aliphatic carbocycles. The molecule has 0 radical (unpaired) electrons. The predicted octanol–water partition coefficient (Wildman–Crippen LogP) is 3.59. The van der Waals surface area contributed by atoms with Gasteiger partial charge in [0.15, 0.2) is 0 Å². The molecule has 1 aromatic heterocycles. The van der Waals surface area contributed by atoms with Crippen LogP contribution in [0.2, 0.25) is 0 Å². The average molecular weight is 278 g/mol. The van der Waals surface area contributed by atoms with Gasteiger partial charge < -0.3 is 9.47 Å². The van der Waals surface area contributed by atoms with E-state index in [9.17, 15) is 0 Å². The third-order valence-electron chi connectivity index (χ3n) is 2.66. The summed E-state index contributed by atoms with van der Waals surface area (Å²) in [5, 5.41) is 0. The molecular formula is C15H16ClNO2. The summed E-state index contributed by atoms with van der Waals surface area (Å²) in [5.74, 6) is 1.91. The first-order valence-electron chi connectivity index (χ1n) is 6.12. The Morgan fingerprint density at radius 3 is 2.42 bits per heavy atom. The van der Waals surface area contributed by atoms with E-state index < -0.39 is 0 Å². The molecule has 0 aliphatic rings. The fourth-order valence-corrected chi connectivity index (χ4v) is 1.89. The summed E-state index contributed by atoms with van der Waals surface area (Å²) in [6.07, 6.45) is 0. The summed E-state index contributed by atoms with van der Waals surface area (Å²) in [6, 6.07) is 13.4. The lowest BCUT2D eigenvalue weighted by Crippen LogP contribution is -2.10. The van der Waals surface area contributed by atoms with Crippen molar-refractivity contribution in [2.45, 2.75) is 12.8 Å². The summed E-state index contributed by atoms with van der Waals surface area (Å²) >= 11 is 5.78. The molecule has 0 atom stereocenters. The number of aryl methyl sites for hydroxylation is 1. The number of hydrogen-bond acceptors (Lipinski definition) is 3. The van der Waals surface area contributed by atoms with Crippen molar-refractivity contribution in [3.8, 4) is 11.6 Å². The van der Waals surface area contributed by atoms with E-state index in [1.54, 1.807) is 0 Å². The molecule has 1 heterocycles. The maximum atomic E-state index is 5.78. The highest BCUT2D eigenvalue weighted by Crippen LogP contribution is 2.14. The van der Waals surface area contributed by atoms with E-state index in [0.717, 1.165) is 17.0 Å². The van der Waals surface area contributed by atoms with Crippen LogP contribution in [-0.4, -0.2) is 18.2 Å². The molecule has 19 heavy (non-hydrogen) atoms. The average Bonchev–Trinajstić information content (AvgIpc) is 2.45. The summed E-state index contributed by atoms with van der Waals surface area (Å²) in [6.45, 7) is 2.87. The van der Waals surface area contributed by atoms with Gasteiger partial charge in [-0.05, 0) is 24.6 Å². The van der Waals surface area contributed by atoms with Crippen LogP contribution in [0.1, 0.15) is 11.3 Å². The van der Waals surface area contributed by atoms with E-state index in [-0.39, 0.29) is 0 Å². The van der Waals surface area contributed by atoms with Gasteiger partial charge in [0.05, 0.1) is 0 Å². The molecule has 0 saturated heterocycles. The van der Waals surface area contributed by atoms with Gasteiger partial charge in [0, 0.05) is 17.6 Å². The van der Waals surface area contributed by atoms with Gasteiger partial charge in [-0.2, -0.15) is 0 Å². The maximum absolute atomic E-state index is 5.78. The van der Waals surface area contributed by atoms with Crippen LogP contribution in [-0.2, 0) is 5.88 Å². The normalized spacial score (nSPS) is 10.2. The quantitative estimate of drug-likeness (QED) is 0.597. The minimum Gasteiger partial charge on any atom is -0.490 e. The number of alkyl halides is 1. The number of pyridine rings is 1. The highest BCUT2D eigenvalue weighted by molar-refractivity contribution is 6.17. The fourth-order valence-electron chi connectivity index (χ4n) is 1.61. The van der Waals surface area contributed by atoms with Crippen LogP contribution in [0.3, 0.4) is 0 Å². The lowest BCUT2D eigenvalue weighted by atomic mass is 10.2. The Bertz CT molecular complexity index is 517. The van der Waals surface area contributed by atoms with Crippen molar-refractivity contribution in [3.63, 3.8) is 0 Å². The first-order chi connectivity index (χ1) is 9.29. The zero-order valence-corrected chi connectivity index (χ0v) is 11.6. The largest absolute Gasteiger partial charge is 0.490 e. The molecule has 0 amide bonds. The number of aromatic nitrogens is 1. The smallest absolute Gasteiger partial charge is 0.213 e. The standard InChI is InChI=1S/C15H16ClNO2/c1-12-13(11-16)7-8-15(17-12)19-10-9-18-14-5-3-2-4-6-14/h2-8H,9-11H2,1H3. The Kier molecular flexibility index (Phi) is 5.04. The minimum absolute atomic E-state index is 0.460. The lowest BCUT2D eigenvalue weighted by molar-refractivity contribution is 0.211. The third kappa shape index (κ3) is 4.14. The van der Waals surface area contributed by atoms with Gasteiger partial charge in [0.25, 0.3) is 0 Å². The topological polar surface area (TPSA) is 31.4 Å². The van der Waals surface area contributed by atoms with Gasteiger partial charge in [-0.15, -0.1) is 11.6 Å². The second-order valence-corrected chi connectivity index (χ2v) is 4.30. The molecule has 3 nitrogen and oxygen atoms in total. The molecule has 0 N–H and O–H groups in total. The van der Waals surface area contributed by atoms with Crippen LogP contribution in [0.4, 0.5) is 0 Å². The second kappa shape index (κ2) is 7.00. The Labute approximate surface area is 118 Å². The Morgan fingerprint density at radius 1 is 1.00 bits per heavy atom. The minimum atomic E-state index is 0.460. The van der Waals surface area contributed by atoms with Crippen molar-refractivity contribution in [2.24, 2.45) is 0 Å². The van der Waals surface area contributed by atoms with Crippen molar-refractivity contribution in [3.05, 3.63) is 53.7 Å². The van der Waals surface area contributed by atoms with E-state index in [1.165, 1.54) is 0 Å². The van der Waals surface area contributed by atoms with Crippen LogP contribution < -0.4 is 9.47 Å². The van der Waals surface area contributed by atoms with Crippen molar-refractivity contribution >= 4 is 11.6 Å². The predicted molar refractivity (Wildman–Crippen MR) is 76.0 cm³/mol. The number of ether oxygens (including phenoxy) is 2. The van der Waals surface area contributed by atoms with E-state index >= 15 is 0 Å². The SMILES string of the molecule is Cc1nc(OCCOc2ccccc2)ccc1CCl. The van der Waals surface area contributed by atoms with Gasteiger partial charge in [-0.25, -0.2) is 4.98 Å². The molecule has 4 heteroatoms. The number of nitrogens with zero attached hydrogens (tertiary/aromatic N) is 1. The number of para-hydroxylation sites is 1. The molecule has 2 aromatic rings. The molecule has 2 rings (SSSR count). The molecule has 100 valence electrons. The summed E-state index contributed by atoms with van der Waals surface area (Å²) in [5.41, 5.74) is 1.92. The molecule has 0 unspecified atom stereocenters. The third-order valence-corrected chi connectivity index (χ3v) is 2.95. The van der Waals surface area contributed by atoms with Crippen molar-refractivity contribution in [2.75, 3.05) is 13.2 Å². The van der Waals surface area contributed by atoms with Crippen LogP contribution in [0.5, 0.6) is 11.6 Å². The van der Waals surface area contributed by atoms with Crippen molar-refractivity contribution in [1.29, 1.82) is 0 Å². The second-order valence-electron chi connectivity index (χ2n) is 4.04. The fraction of sp³-hybridized carbons (Fsp3) is 0.267. The highest BCUT2D eigenvalue weighted by atomic mass is 35.5. The van der Waals surface area contributed by atoms with E-state index in [1.807, 2.05) is 49.4 Å². The van der Waals surface area contributed by atoms with Crippen LogP contribution in [0.25, 0.3) is 0 Å². The van der Waals surface area contributed by atoms with Gasteiger partial charge >= 0.3 is 0 Å². The lowest BCUT2D eigenvalue weighted by Gasteiger charge is -2.09. The monoisotopic (exact) mass is 277 g/mol. The van der Waals surface area contributed by atoms with Gasteiger partial charge in [-0.1, -0.05) is 24.3 Å². The van der Waals surface area contributed by atoms with Crippen LogP contribution in [0, 0.1) is 6.92 Å². The Hall–Kier alpha value is -1.74. The van der Waals surface area contributed by atoms with Gasteiger partial charge in [0.1, 0.15) is 19.0 Å². The first-order valence-corrected chi connectivity index (χ1v) is 6.66. The molecular weight excluding hydrogens is 262 g/mol. The van der Waals surface area contributed by atoms with Gasteiger partial charge in [0.2, 0.25) is 5.88 Å². The molecule has 0 spiro atoms. The molecule has 0 aliphatic heterocycles.